The van der Waals surface area contributed by atoms with E-state index in [1.807, 2.05) is 0 Å². The first-order chi connectivity index (χ1) is 9.91. The van der Waals surface area contributed by atoms with Gasteiger partial charge in [-0.25, -0.2) is 9.59 Å². The Morgan fingerprint density at radius 1 is 1.05 bits per heavy atom. The molecule has 1 unspecified atom stereocenters. The van der Waals surface area contributed by atoms with Crippen molar-refractivity contribution < 1.29 is 29.4 Å². The molecule has 1 saturated heterocycles. The number of hydrogen-bond acceptors (Lipinski definition) is 4. The normalized spacial score (nSPS) is 23.2. The highest BCUT2D eigenvalue weighted by molar-refractivity contribution is 6.35. The second kappa shape index (κ2) is 6.11. The molecule has 2 fully saturated rings. The zero-order valence-electron chi connectivity index (χ0n) is 11.4. The van der Waals surface area contributed by atoms with E-state index in [-0.39, 0.29) is 12.5 Å². The van der Waals surface area contributed by atoms with Crippen LogP contribution in [0.15, 0.2) is 0 Å². The largest absolute Gasteiger partial charge is 0.480 e. The van der Waals surface area contributed by atoms with Crippen LogP contribution in [-0.2, 0) is 19.2 Å². The quantitative estimate of drug-likeness (QED) is 0.597. The van der Waals surface area contributed by atoms with Crippen molar-refractivity contribution in [3.8, 4) is 0 Å². The number of carbonyl (C=O) groups is 4. The predicted molar refractivity (Wildman–Crippen MR) is 69.3 cm³/mol. The molecule has 3 N–H and O–H groups in total. The fourth-order valence-electron chi connectivity index (χ4n) is 2.58. The van der Waals surface area contributed by atoms with E-state index in [4.69, 9.17) is 10.2 Å². The third-order valence-corrected chi connectivity index (χ3v) is 3.89. The van der Waals surface area contributed by atoms with E-state index in [0.29, 0.717) is 32.1 Å². The van der Waals surface area contributed by atoms with Gasteiger partial charge in [-0.2, -0.15) is 0 Å². The molecule has 1 heterocycles. The minimum absolute atomic E-state index is 0.143. The van der Waals surface area contributed by atoms with E-state index < -0.39 is 35.8 Å². The van der Waals surface area contributed by atoms with Crippen molar-refractivity contribution in [2.24, 2.45) is 5.92 Å². The molecule has 8 nitrogen and oxygen atoms in total. The van der Waals surface area contributed by atoms with E-state index in [1.165, 1.54) is 0 Å². The summed E-state index contributed by atoms with van der Waals surface area (Å²) in [5.74, 6) is -4.47. The Morgan fingerprint density at radius 3 is 2.24 bits per heavy atom. The lowest BCUT2D eigenvalue weighted by molar-refractivity contribution is -0.157. The molecule has 2 rings (SSSR count). The van der Waals surface area contributed by atoms with Gasteiger partial charge in [-0.1, -0.05) is 0 Å². The van der Waals surface area contributed by atoms with Gasteiger partial charge in [0.15, 0.2) is 0 Å². The Hall–Kier alpha value is -2.12. The molecule has 0 bridgehead atoms. The van der Waals surface area contributed by atoms with Gasteiger partial charge in [0.1, 0.15) is 12.1 Å². The van der Waals surface area contributed by atoms with Crippen molar-refractivity contribution in [3.63, 3.8) is 0 Å². The highest BCUT2D eigenvalue weighted by Gasteiger charge is 2.40. The van der Waals surface area contributed by atoms with Crippen LogP contribution in [0.1, 0.15) is 32.1 Å². The molecule has 0 spiro atoms. The standard InChI is InChI=1S/C13H18N2O6/c16-10(14-9(13(20)21)7-4-5-7)11(17)15-6-2-1-3-8(15)12(18)19/h7-9H,1-6H2,(H,14,16)(H,18,19)(H,20,21)/t8-,9?/m0/s1. The smallest absolute Gasteiger partial charge is 0.326 e. The first-order valence-electron chi connectivity index (χ1n) is 6.99. The number of carboxylic acid groups (broad SMARTS) is 2. The second-order valence-electron chi connectivity index (χ2n) is 5.48. The molecule has 116 valence electrons. The van der Waals surface area contributed by atoms with E-state index in [9.17, 15) is 19.2 Å². The second-order valence-corrected chi connectivity index (χ2v) is 5.48. The van der Waals surface area contributed by atoms with Crippen LogP contribution in [0.3, 0.4) is 0 Å². The van der Waals surface area contributed by atoms with Crippen LogP contribution in [0.4, 0.5) is 0 Å². The number of amides is 2. The number of rotatable bonds is 4. The molecule has 2 aliphatic rings. The van der Waals surface area contributed by atoms with Crippen molar-refractivity contribution >= 4 is 23.8 Å². The molecule has 0 aromatic carbocycles. The fraction of sp³-hybridized carbons (Fsp3) is 0.692. The summed E-state index contributed by atoms with van der Waals surface area (Å²) in [7, 11) is 0. The zero-order valence-corrected chi connectivity index (χ0v) is 11.4. The number of likely N-dealkylation sites (tertiary alicyclic amines) is 1. The molecule has 1 aliphatic carbocycles. The minimum Gasteiger partial charge on any atom is -0.480 e. The van der Waals surface area contributed by atoms with E-state index in [1.54, 1.807) is 0 Å². The number of nitrogens with zero attached hydrogens (tertiary/aromatic N) is 1. The summed E-state index contributed by atoms with van der Waals surface area (Å²) < 4.78 is 0. The van der Waals surface area contributed by atoms with Crippen LogP contribution in [0, 0.1) is 5.92 Å². The Bertz CT molecular complexity index is 473. The maximum Gasteiger partial charge on any atom is 0.326 e. The molecule has 0 aromatic rings. The highest BCUT2D eigenvalue weighted by Crippen LogP contribution is 2.32. The summed E-state index contributed by atoms with van der Waals surface area (Å²) in [5.41, 5.74) is 0. The van der Waals surface area contributed by atoms with Gasteiger partial charge in [-0.3, -0.25) is 9.59 Å². The summed E-state index contributed by atoms with van der Waals surface area (Å²) in [4.78, 5) is 47.2. The molecule has 1 aliphatic heterocycles. The summed E-state index contributed by atoms with van der Waals surface area (Å²) in [6.45, 7) is 0.199. The highest BCUT2D eigenvalue weighted by atomic mass is 16.4. The van der Waals surface area contributed by atoms with Gasteiger partial charge < -0.3 is 20.4 Å². The Labute approximate surface area is 121 Å². The Balaban J connectivity index is 2.01. The van der Waals surface area contributed by atoms with Crippen LogP contribution in [0.2, 0.25) is 0 Å². The molecule has 2 atom stereocenters. The average Bonchev–Trinajstić information content (AvgIpc) is 3.27. The first-order valence-corrected chi connectivity index (χ1v) is 6.99. The zero-order chi connectivity index (χ0) is 15.6. The number of nitrogens with one attached hydrogen (secondary N) is 1. The van der Waals surface area contributed by atoms with Crippen molar-refractivity contribution in [2.75, 3.05) is 6.54 Å². The summed E-state index contributed by atoms with van der Waals surface area (Å²) in [5, 5.41) is 20.3. The summed E-state index contributed by atoms with van der Waals surface area (Å²) >= 11 is 0. The number of carbonyl (C=O) groups excluding carboxylic acids is 2. The van der Waals surface area contributed by atoms with Gasteiger partial charge in [0.2, 0.25) is 0 Å². The lowest BCUT2D eigenvalue weighted by atomic mass is 10.0. The molecule has 21 heavy (non-hydrogen) atoms. The van der Waals surface area contributed by atoms with Crippen LogP contribution in [-0.4, -0.2) is 57.5 Å². The fourth-order valence-corrected chi connectivity index (χ4v) is 2.58. The maximum absolute atomic E-state index is 12.1. The average molecular weight is 298 g/mol. The molecule has 1 saturated carbocycles. The third kappa shape index (κ3) is 3.50. The number of aliphatic carboxylic acids is 2. The van der Waals surface area contributed by atoms with Crippen LogP contribution >= 0.6 is 0 Å². The molecule has 0 radical (unpaired) electrons. The lowest BCUT2D eigenvalue weighted by Crippen LogP contribution is -2.55. The Kier molecular flexibility index (Phi) is 4.44. The molecular weight excluding hydrogens is 280 g/mol. The minimum atomic E-state index is -1.17. The van der Waals surface area contributed by atoms with Gasteiger partial charge in [-0.05, 0) is 38.0 Å². The number of carboxylic acids is 2. The van der Waals surface area contributed by atoms with Crippen LogP contribution < -0.4 is 5.32 Å². The Morgan fingerprint density at radius 2 is 1.71 bits per heavy atom. The van der Waals surface area contributed by atoms with Crippen molar-refractivity contribution in [1.29, 1.82) is 0 Å². The van der Waals surface area contributed by atoms with Gasteiger partial charge in [0.05, 0.1) is 0 Å². The van der Waals surface area contributed by atoms with Crippen molar-refractivity contribution in [1.82, 2.24) is 10.2 Å². The SMILES string of the molecule is O=C(NC(C(=O)O)C1CC1)C(=O)N1CCCC[C@H]1C(=O)O. The number of piperidine rings is 1. The topological polar surface area (TPSA) is 124 Å². The predicted octanol–water partition coefficient (Wildman–Crippen LogP) is -0.568. The molecule has 2 amide bonds. The van der Waals surface area contributed by atoms with Gasteiger partial charge in [-0.15, -0.1) is 0 Å². The maximum atomic E-state index is 12.1. The molecular formula is C13H18N2O6. The van der Waals surface area contributed by atoms with Gasteiger partial charge in [0, 0.05) is 6.54 Å². The van der Waals surface area contributed by atoms with Crippen LogP contribution in [0.25, 0.3) is 0 Å². The van der Waals surface area contributed by atoms with Crippen molar-refractivity contribution in [3.05, 3.63) is 0 Å². The molecule has 0 aromatic heterocycles. The summed E-state index contributed by atoms with van der Waals surface area (Å²) in [6, 6.07) is -2.09. The van der Waals surface area contributed by atoms with E-state index in [0.717, 1.165) is 4.90 Å². The van der Waals surface area contributed by atoms with Gasteiger partial charge >= 0.3 is 23.8 Å². The van der Waals surface area contributed by atoms with E-state index >= 15 is 0 Å². The molecule has 8 heteroatoms. The van der Waals surface area contributed by atoms with Crippen LogP contribution in [0.5, 0.6) is 0 Å². The van der Waals surface area contributed by atoms with Gasteiger partial charge in [0.25, 0.3) is 0 Å². The lowest BCUT2D eigenvalue weighted by Gasteiger charge is -2.32. The monoisotopic (exact) mass is 298 g/mol. The number of hydrogen-bond donors (Lipinski definition) is 3. The third-order valence-electron chi connectivity index (χ3n) is 3.89. The summed E-state index contributed by atoms with van der Waals surface area (Å²) in [6.07, 6.45) is 3.02. The first kappa shape index (κ1) is 15.3. The van der Waals surface area contributed by atoms with E-state index in [2.05, 4.69) is 5.32 Å². The van der Waals surface area contributed by atoms with Crippen molar-refractivity contribution in [2.45, 2.75) is 44.2 Å².